The first-order valence-corrected chi connectivity index (χ1v) is 7.02. The van der Waals surface area contributed by atoms with E-state index in [4.69, 9.17) is 17.3 Å². The SMILES string of the molecule is Cc1nn(C)c(Cl)c1CC(CN)Cc1ccccc1F. The van der Waals surface area contributed by atoms with Crippen molar-refractivity contribution in [3.8, 4) is 0 Å². The molecule has 0 fully saturated rings. The molecule has 0 saturated carbocycles. The average Bonchev–Trinajstić information content (AvgIpc) is 2.66. The summed E-state index contributed by atoms with van der Waals surface area (Å²) in [7, 11) is 1.81. The van der Waals surface area contributed by atoms with Crippen LogP contribution in [0.3, 0.4) is 0 Å². The summed E-state index contributed by atoms with van der Waals surface area (Å²) in [4.78, 5) is 0. The fourth-order valence-corrected chi connectivity index (χ4v) is 2.66. The first kappa shape index (κ1) is 15.0. The Kier molecular flexibility index (Phi) is 4.78. The average molecular weight is 296 g/mol. The van der Waals surface area contributed by atoms with Gasteiger partial charge in [0.25, 0.3) is 0 Å². The molecular weight excluding hydrogens is 277 g/mol. The van der Waals surface area contributed by atoms with E-state index in [-0.39, 0.29) is 11.7 Å². The molecule has 2 N–H and O–H groups in total. The molecule has 0 aliphatic carbocycles. The summed E-state index contributed by atoms with van der Waals surface area (Å²) in [6.45, 7) is 2.41. The summed E-state index contributed by atoms with van der Waals surface area (Å²) in [6.07, 6.45) is 1.32. The molecule has 0 spiro atoms. The van der Waals surface area contributed by atoms with Crippen LogP contribution >= 0.6 is 11.6 Å². The van der Waals surface area contributed by atoms with Crippen molar-refractivity contribution in [2.24, 2.45) is 18.7 Å². The molecule has 1 unspecified atom stereocenters. The second kappa shape index (κ2) is 6.37. The van der Waals surface area contributed by atoms with Gasteiger partial charge in [0.05, 0.1) is 5.69 Å². The molecular formula is C15H19ClFN3. The van der Waals surface area contributed by atoms with E-state index in [1.54, 1.807) is 16.8 Å². The van der Waals surface area contributed by atoms with Crippen molar-refractivity contribution >= 4 is 11.6 Å². The van der Waals surface area contributed by atoms with Gasteiger partial charge in [-0.1, -0.05) is 29.8 Å². The monoisotopic (exact) mass is 295 g/mol. The molecule has 1 aromatic heterocycles. The highest BCUT2D eigenvalue weighted by Crippen LogP contribution is 2.24. The summed E-state index contributed by atoms with van der Waals surface area (Å²) < 4.78 is 15.4. The Labute approximate surface area is 123 Å². The molecule has 0 amide bonds. The summed E-state index contributed by atoms with van der Waals surface area (Å²) in [5, 5.41) is 4.93. The molecule has 0 bridgehead atoms. The van der Waals surface area contributed by atoms with Crippen molar-refractivity contribution in [3.63, 3.8) is 0 Å². The molecule has 1 atom stereocenters. The van der Waals surface area contributed by atoms with Crippen LogP contribution in [-0.4, -0.2) is 16.3 Å². The first-order chi connectivity index (χ1) is 9.52. The highest BCUT2D eigenvalue weighted by Gasteiger charge is 2.17. The van der Waals surface area contributed by atoms with E-state index in [0.717, 1.165) is 11.3 Å². The van der Waals surface area contributed by atoms with Crippen LogP contribution in [0.1, 0.15) is 16.8 Å². The molecule has 0 saturated heterocycles. The zero-order valence-electron chi connectivity index (χ0n) is 11.7. The van der Waals surface area contributed by atoms with Crippen LogP contribution in [0.4, 0.5) is 4.39 Å². The number of aryl methyl sites for hydroxylation is 2. The minimum atomic E-state index is -0.181. The Hall–Kier alpha value is -1.39. The number of hydrogen-bond acceptors (Lipinski definition) is 2. The third-order valence-corrected chi connectivity index (χ3v) is 4.04. The number of nitrogens with zero attached hydrogens (tertiary/aromatic N) is 2. The van der Waals surface area contributed by atoms with Crippen LogP contribution < -0.4 is 5.73 Å². The van der Waals surface area contributed by atoms with Crippen LogP contribution in [-0.2, 0) is 19.9 Å². The van der Waals surface area contributed by atoms with Gasteiger partial charge in [-0.15, -0.1) is 0 Å². The van der Waals surface area contributed by atoms with Gasteiger partial charge in [0, 0.05) is 12.6 Å². The van der Waals surface area contributed by atoms with Crippen LogP contribution in [0.25, 0.3) is 0 Å². The maximum atomic E-state index is 13.7. The smallest absolute Gasteiger partial charge is 0.130 e. The molecule has 20 heavy (non-hydrogen) atoms. The van der Waals surface area contributed by atoms with Crippen molar-refractivity contribution in [3.05, 3.63) is 52.1 Å². The van der Waals surface area contributed by atoms with Gasteiger partial charge in [-0.2, -0.15) is 5.10 Å². The van der Waals surface area contributed by atoms with E-state index in [2.05, 4.69) is 5.10 Å². The van der Waals surface area contributed by atoms with Gasteiger partial charge in [-0.3, -0.25) is 4.68 Å². The summed E-state index contributed by atoms with van der Waals surface area (Å²) in [5.74, 6) is -0.0349. The predicted molar refractivity (Wildman–Crippen MR) is 79.3 cm³/mol. The number of hydrogen-bond donors (Lipinski definition) is 1. The maximum Gasteiger partial charge on any atom is 0.130 e. The number of benzene rings is 1. The molecule has 108 valence electrons. The highest BCUT2D eigenvalue weighted by molar-refractivity contribution is 6.30. The largest absolute Gasteiger partial charge is 0.330 e. The Morgan fingerprint density at radius 2 is 2.05 bits per heavy atom. The van der Waals surface area contributed by atoms with Crippen LogP contribution in [0.15, 0.2) is 24.3 Å². The normalized spacial score (nSPS) is 12.7. The Morgan fingerprint density at radius 3 is 2.60 bits per heavy atom. The highest BCUT2D eigenvalue weighted by atomic mass is 35.5. The summed E-state index contributed by atoms with van der Waals surface area (Å²) in [5.41, 5.74) is 8.44. The summed E-state index contributed by atoms with van der Waals surface area (Å²) >= 11 is 6.23. The van der Waals surface area contributed by atoms with Crippen molar-refractivity contribution in [1.82, 2.24) is 9.78 Å². The minimum absolute atomic E-state index is 0.146. The van der Waals surface area contributed by atoms with Gasteiger partial charge in [-0.05, 0) is 43.9 Å². The molecule has 1 heterocycles. The van der Waals surface area contributed by atoms with Gasteiger partial charge in [-0.25, -0.2) is 4.39 Å². The van der Waals surface area contributed by atoms with E-state index >= 15 is 0 Å². The second-order valence-electron chi connectivity index (χ2n) is 5.08. The van der Waals surface area contributed by atoms with Crippen molar-refractivity contribution in [2.75, 3.05) is 6.54 Å². The topological polar surface area (TPSA) is 43.8 Å². The van der Waals surface area contributed by atoms with Gasteiger partial charge in [0.15, 0.2) is 0 Å². The van der Waals surface area contributed by atoms with E-state index in [1.807, 2.05) is 20.0 Å². The number of halogens is 2. The number of rotatable bonds is 5. The Morgan fingerprint density at radius 1 is 1.35 bits per heavy atom. The minimum Gasteiger partial charge on any atom is -0.330 e. The van der Waals surface area contributed by atoms with Crippen molar-refractivity contribution < 1.29 is 4.39 Å². The fraction of sp³-hybridized carbons (Fsp3) is 0.400. The van der Waals surface area contributed by atoms with Crippen LogP contribution in [0.5, 0.6) is 0 Å². The molecule has 1 aromatic carbocycles. The molecule has 5 heteroatoms. The lowest BCUT2D eigenvalue weighted by atomic mass is 9.92. The molecule has 3 nitrogen and oxygen atoms in total. The zero-order valence-corrected chi connectivity index (χ0v) is 12.5. The Balaban J connectivity index is 2.15. The number of aromatic nitrogens is 2. The molecule has 0 radical (unpaired) electrons. The van der Waals surface area contributed by atoms with Gasteiger partial charge in [0.2, 0.25) is 0 Å². The predicted octanol–water partition coefficient (Wildman–Crippen LogP) is 2.88. The number of nitrogens with two attached hydrogens (primary N) is 1. The van der Waals surface area contributed by atoms with E-state index in [0.29, 0.717) is 30.1 Å². The standard InChI is InChI=1S/C15H19ClFN3/c1-10-13(15(16)20(2)19-10)8-11(9-18)7-12-5-3-4-6-14(12)17/h3-6,11H,7-9,18H2,1-2H3. The second-order valence-corrected chi connectivity index (χ2v) is 5.44. The van der Waals surface area contributed by atoms with E-state index < -0.39 is 0 Å². The molecule has 0 aliphatic heterocycles. The molecule has 2 aromatic rings. The van der Waals surface area contributed by atoms with Crippen LogP contribution in [0.2, 0.25) is 5.15 Å². The van der Waals surface area contributed by atoms with Crippen LogP contribution in [0, 0.1) is 18.7 Å². The lowest BCUT2D eigenvalue weighted by molar-refractivity contribution is 0.511. The van der Waals surface area contributed by atoms with Gasteiger partial charge in [0.1, 0.15) is 11.0 Å². The Bertz CT molecular complexity index is 595. The molecule has 2 rings (SSSR count). The van der Waals surface area contributed by atoms with Crippen molar-refractivity contribution in [2.45, 2.75) is 19.8 Å². The quantitative estimate of drug-likeness (QED) is 0.922. The lowest BCUT2D eigenvalue weighted by Crippen LogP contribution is -2.20. The fourth-order valence-electron chi connectivity index (χ4n) is 2.41. The van der Waals surface area contributed by atoms with E-state index in [1.165, 1.54) is 6.07 Å². The van der Waals surface area contributed by atoms with E-state index in [9.17, 15) is 4.39 Å². The first-order valence-electron chi connectivity index (χ1n) is 6.64. The zero-order chi connectivity index (χ0) is 14.7. The van der Waals surface area contributed by atoms with Gasteiger partial charge < -0.3 is 5.73 Å². The third-order valence-electron chi connectivity index (χ3n) is 3.56. The third kappa shape index (κ3) is 3.19. The molecule has 0 aliphatic rings. The van der Waals surface area contributed by atoms with Crippen molar-refractivity contribution in [1.29, 1.82) is 0 Å². The maximum absolute atomic E-state index is 13.7. The summed E-state index contributed by atoms with van der Waals surface area (Å²) in [6, 6.07) is 6.81. The lowest BCUT2D eigenvalue weighted by Gasteiger charge is -2.15. The van der Waals surface area contributed by atoms with Gasteiger partial charge >= 0.3 is 0 Å².